The van der Waals surface area contributed by atoms with Crippen molar-refractivity contribution in [2.24, 2.45) is 5.41 Å². The smallest absolute Gasteiger partial charge is 0.252 e. The lowest BCUT2D eigenvalue weighted by Crippen LogP contribution is -2.71. The number of anilines is 1. The number of amides is 1. The Balaban J connectivity index is 1.35. The van der Waals surface area contributed by atoms with Crippen molar-refractivity contribution in [2.45, 2.75) is 19.9 Å². The summed E-state index contributed by atoms with van der Waals surface area (Å²) in [5.41, 5.74) is 4.54. The van der Waals surface area contributed by atoms with Crippen molar-refractivity contribution in [1.29, 1.82) is 0 Å². The largest absolute Gasteiger partial charge is 0.370 e. The summed E-state index contributed by atoms with van der Waals surface area (Å²) in [4.78, 5) is 15.5. The predicted octanol–water partition coefficient (Wildman–Crippen LogP) is 4.05. The maximum absolute atomic E-state index is 13.1. The fraction of sp³-hybridized carbons (Fsp3) is 0.320. The zero-order valence-corrected chi connectivity index (χ0v) is 17.0. The molecule has 2 aliphatic heterocycles. The van der Waals surface area contributed by atoms with Gasteiger partial charge in [0, 0.05) is 42.8 Å². The topological polar surface area (TPSA) is 44.4 Å². The Hall–Kier alpha value is -2.85. The number of nitrogens with one attached hydrogen (secondary N) is 2. The number of benzene rings is 3. The Morgan fingerprint density at radius 3 is 2.59 bits per heavy atom. The molecular weight excluding hydrogens is 358 g/mol. The van der Waals surface area contributed by atoms with Gasteiger partial charge in [-0.2, -0.15) is 0 Å². The SMILES string of the molecule is Cc1ccc(N2CC3(CNC3)C2)cc1C(=O)N[C@H](C)c1cccc2ccccc12. The van der Waals surface area contributed by atoms with E-state index in [0.29, 0.717) is 5.41 Å². The second-order valence-corrected chi connectivity index (χ2v) is 8.72. The highest BCUT2D eigenvalue weighted by Gasteiger charge is 2.47. The number of nitrogens with zero attached hydrogens (tertiary/aromatic N) is 1. The van der Waals surface area contributed by atoms with Crippen LogP contribution in [-0.4, -0.2) is 32.1 Å². The van der Waals surface area contributed by atoms with Gasteiger partial charge in [-0.1, -0.05) is 48.5 Å². The van der Waals surface area contributed by atoms with Gasteiger partial charge in [0.25, 0.3) is 5.91 Å². The lowest BCUT2D eigenvalue weighted by molar-refractivity contribution is 0.0939. The van der Waals surface area contributed by atoms with Gasteiger partial charge >= 0.3 is 0 Å². The van der Waals surface area contributed by atoms with Gasteiger partial charge in [-0.25, -0.2) is 0 Å². The summed E-state index contributed by atoms with van der Waals surface area (Å²) in [7, 11) is 0. The zero-order chi connectivity index (χ0) is 20.0. The van der Waals surface area contributed by atoms with Crippen LogP contribution in [0.25, 0.3) is 10.8 Å². The van der Waals surface area contributed by atoms with Crippen LogP contribution in [0.4, 0.5) is 5.69 Å². The molecule has 2 heterocycles. The summed E-state index contributed by atoms with van der Waals surface area (Å²) in [5.74, 6) is -0.00895. The lowest BCUT2D eigenvalue weighted by Gasteiger charge is -2.57. The fourth-order valence-electron chi connectivity index (χ4n) is 4.68. The summed E-state index contributed by atoms with van der Waals surface area (Å²) in [6, 6.07) is 20.8. The van der Waals surface area contributed by atoms with Crippen LogP contribution in [0, 0.1) is 12.3 Å². The number of carbonyl (C=O) groups excluding carboxylic acids is 1. The Bertz CT molecular complexity index is 1070. The van der Waals surface area contributed by atoms with Crippen LogP contribution in [0.5, 0.6) is 0 Å². The minimum Gasteiger partial charge on any atom is -0.370 e. The molecule has 1 atom stereocenters. The highest BCUT2D eigenvalue weighted by molar-refractivity contribution is 5.97. The molecule has 1 spiro atoms. The van der Waals surface area contributed by atoms with Crippen LogP contribution in [0.3, 0.4) is 0 Å². The van der Waals surface area contributed by atoms with E-state index in [0.717, 1.165) is 48.6 Å². The molecule has 0 aromatic heterocycles. The first-order valence-corrected chi connectivity index (χ1v) is 10.4. The maximum atomic E-state index is 13.1. The van der Waals surface area contributed by atoms with E-state index < -0.39 is 0 Å². The minimum absolute atomic E-state index is 0.00895. The van der Waals surface area contributed by atoms with Crippen LogP contribution < -0.4 is 15.5 Å². The number of rotatable bonds is 4. The van der Waals surface area contributed by atoms with E-state index in [-0.39, 0.29) is 11.9 Å². The molecule has 1 amide bonds. The summed E-state index contributed by atoms with van der Waals surface area (Å²) in [6.07, 6.45) is 0. The van der Waals surface area contributed by atoms with Crippen molar-refractivity contribution < 1.29 is 4.79 Å². The molecule has 0 radical (unpaired) electrons. The number of hydrogen-bond acceptors (Lipinski definition) is 3. The number of carbonyl (C=O) groups is 1. The molecule has 0 saturated carbocycles. The Morgan fingerprint density at radius 2 is 1.83 bits per heavy atom. The van der Waals surface area contributed by atoms with Gasteiger partial charge in [-0.05, 0) is 47.9 Å². The van der Waals surface area contributed by atoms with E-state index in [2.05, 4.69) is 71.0 Å². The fourth-order valence-corrected chi connectivity index (χ4v) is 4.68. The first-order valence-electron chi connectivity index (χ1n) is 10.4. The van der Waals surface area contributed by atoms with Crippen molar-refractivity contribution in [3.63, 3.8) is 0 Å². The van der Waals surface area contributed by atoms with Crippen molar-refractivity contribution >= 4 is 22.4 Å². The van der Waals surface area contributed by atoms with E-state index in [1.165, 1.54) is 10.8 Å². The Labute approximate surface area is 171 Å². The molecule has 2 aliphatic rings. The predicted molar refractivity (Wildman–Crippen MR) is 119 cm³/mol. The molecule has 148 valence electrons. The highest BCUT2D eigenvalue weighted by atomic mass is 16.1. The first-order chi connectivity index (χ1) is 14.0. The van der Waals surface area contributed by atoms with Crippen LogP contribution in [0.1, 0.15) is 34.5 Å². The van der Waals surface area contributed by atoms with Crippen LogP contribution in [0.15, 0.2) is 60.7 Å². The number of aryl methyl sites for hydroxylation is 1. The van der Waals surface area contributed by atoms with Crippen molar-refractivity contribution in [3.8, 4) is 0 Å². The van der Waals surface area contributed by atoms with Crippen molar-refractivity contribution in [1.82, 2.24) is 10.6 Å². The molecule has 29 heavy (non-hydrogen) atoms. The molecule has 5 rings (SSSR count). The third-order valence-corrected chi connectivity index (χ3v) is 6.52. The van der Waals surface area contributed by atoms with E-state index in [1.807, 2.05) is 19.1 Å². The quantitative estimate of drug-likeness (QED) is 0.712. The molecule has 3 aromatic rings. The molecule has 2 N–H and O–H groups in total. The first kappa shape index (κ1) is 18.2. The van der Waals surface area contributed by atoms with Crippen LogP contribution in [0.2, 0.25) is 0 Å². The Kier molecular flexibility index (Phi) is 4.32. The van der Waals surface area contributed by atoms with Gasteiger partial charge in [-0.3, -0.25) is 4.79 Å². The normalized spacial score (nSPS) is 18.2. The third-order valence-electron chi connectivity index (χ3n) is 6.52. The van der Waals surface area contributed by atoms with Gasteiger partial charge < -0.3 is 15.5 Å². The summed E-state index contributed by atoms with van der Waals surface area (Å²) < 4.78 is 0. The molecular formula is C25H27N3O. The molecule has 2 saturated heterocycles. The van der Waals surface area contributed by atoms with Gasteiger partial charge in [0.1, 0.15) is 0 Å². The standard InChI is InChI=1S/C25H27N3O/c1-17-10-11-20(28-15-25(16-28)13-26-14-25)12-23(17)24(29)27-18(2)21-9-5-7-19-6-3-4-8-22(19)21/h3-12,18,26H,13-16H2,1-2H3,(H,27,29)/t18-/m1/s1. The summed E-state index contributed by atoms with van der Waals surface area (Å²) >= 11 is 0. The van der Waals surface area contributed by atoms with Gasteiger partial charge in [0.15, 0.2) is 0 Å². The van der Waals surface area contributed by atoms with Crippen LogP contribution in [-0.2, 0) is 0 Å². The van der Waals surface area contributed by atoms with Gasteiger partial charge in [0.2, 0.25) is 0 Å². The van der Waals surface area contributed by atoms with E-state index in [1.54, 1.807) is 0 Å². The second kappa shape index (κ2) is 6.89. The van der Waals surface area contributed by atoms with E-state index >= 15 is 0 Å². The number of fused-ring (bicyclic) bond motifs is 1. The Morgan fingerprint density at radius 1 is 1.07 bits per heavy atom. The van der Waals surface area contributed by atoms with E-state index in [4.69, 9.17) is 0 Å². The molecule has 4 heteroatoms. The van der Waals surface area contributed by atoms with Gasteiger partial charge in [0.05, 0.1) is 6.04 Å². The van der Waals surface area contributed by atoms with Crippen molar-refractivity contribution in [3.05, 3.63) is 77.4 Å². The molecule has 0 bridgehead atoms. The molecule has 0 aliphatic carbocycles. The number of hydrogen-bond donors (Lipinski definition) is 2. The van der Waals surface area contributed by atoms with Crippen LogP contribution >= 0.6 is 0 Å². The maximum Gasteiger partial charge on any atom is 0.252 e. The average molecular weight is 386 g/mol. The molecule has 2 fully saturated rings. The second-order valence-electron chi connectivity index (χ2n) is 8.72. The zero-order valence-electron chi connectivity index (χ0n) is 17.0. The van der Waals surface area contributed by atoms with Gasteiger partial charge in [-0.15, -0.1) is 0 Å². The van der Waals surface area contributed by atoms with Crippen molar-refractivity contribution in [2.75, 3.05) is 31.1 Å². The molecule has 3 aromatic carbocycles. The average Bonchev–Trinajstić information content (AvgIpc) is 2.66. The third kappa shape index (κ3) is 3.18. The molecule has 0 unspecified atom stereocenters. The lowest BCUT2D eigenvalue weighted by atomic mass is 9.74. The minimum atomic E-state index is -0.0648. The monoisotopic (exact) mass is 385 g/mol. The summed E-state index contributed by atoms with van der Waals surface area (Å²) in [5, 5.41) is 8.98. The highest BCUT2D eigenvalue weighted by Crippen LogP contribution is 2.38. The van der Waals surface area contributed by atoms with E-state index in [9.17, 15) is 4.79 Å². The summed E-state index contributed by atoms with van der Waals surface area (Å²) in [6.45, 7) is 8.46. The molecule has 4 nitrogen and oxygen atoms in total.